The van der Waals surface area contributed by atoms with Crippen LogP contribution in [0.4, 0.5) is 8.78 Å². The Labute approximate surface area is 153 Å². The van der Waals surface area contributed by atoms with E-state index in [4.69, 9.17) is 16.3 Å². The molecule has 2 aromatic carbocycles. The number of hydrogen-bond donors (Lipinski definition) is 1. The zero-order valence-corrected chi connectivity index (χ0v) is 14.3. The van der Waals surface area contributed by atoms with Crippen molar-refractivity contribution >= 4 is 23.5 Å². The first kappa shape index (κ1) is 17.0. The SMILES string of the molecule is O=C(NC1=N[C@@](c2ccccc2Cl)(C(F)F)[C@H]2C[C@H]2O1)c1ccccc1. The van der Waals surface area contributed by atoms with Crippen LogP contribution in [0.5, 0.6) is 0 Å². The van der Waals surface area contributed by atoms with Crippen LogP contribution in [0.3, 0.4) is 0 Å². The molecule has 1 aliphatic carbocycles. The van der Waals surface area contributed by atoms with E-state index in [1.54, 1.807) is 54.6 Å². The van der Waals surface area contributed by atoms with E-state index in [1.165, 1.54) is 0 Å². The molecular formula is C19H15ClF2N2O2. The first-order chi connectivity index (χ1) is 12.5. The van der Waals surface area contributed by atoms with Gasteiger partial charge in [0.1, 0.15) is 6.10 Å². The van der Waals surface area contributed by atoms with Gasteiger partial charge in [-0.3, -0.25) is 10.1 Å². The average Bonchev–Trinajstić information content (AvgIpc) is 3.42. The lowest BCUT2D eigenvalue weighted by Gasteiger charge is -2.34. The highest BCUT2D eigenvalue weighted by Crippen LogP contribution is 2.56. The Morgan fingerprint density at radius 3 is 2.58 bits per heavy atom. The number of nitrogens with zero attached hydrogens (tertiary/aromatic N) is 1. The van der Waals surface area contributed by atoms with E-state index in [1.807, 2.05) is 0 Å². The molecule has 1 amide bonds. The van der Waals surface area contributed by atoms with Crippen LogP contribution >= 0.6 is 11.6 Å². The van der Waals surface area contributed by atoms with Gasteiger partial charge in [-0.25, -0.2) is 13.8 Å². The summed E-state index contributed by atoms with van der Waals surface area (Å²) in [6.07, 6.45) is -2.77. The molecule has 0 bridgehead atoms. The standard InChI is InChI=1S/C19H15ClF2N2O2/c20-14-9-5-4-8-12(14)19(17(21)22)13-10-15(13)26-18(24-19)23-16(25)11-6-2-1-3-7-11/h1-9,13,15,17H,10H2,(H,23,24,25)/t13-,15+,19+/m0/s1. The van der Waals surface area contributed by atoms with E-state index < -0.39 is 29.9 Å². The second-order valence-electron chi connectivity index (χ2n) is 6.34. The molecule has 0 aromatic heterocycles. The average molecular weight is 377 g/mol. The summed E-state index contributed by atoms with van der Waals surface area (Å²) in [6, 6.07) is 14.7. The lowest BCUT2D eigenvalue weighted by Crippen LogP contribution is -2.45. The minimum absolute atomic E-state index is 0.196. The number of carbonyl (C=O) groups excluding carboxylic acids is 1. The van der Waals surface area contributed by atoms with Crippen molar-refractivity contribution in [2.45, 2.75) is 24.5 Å². The minimum Gasteiger partial charge on any atom is -0.461 e. The predicted octanol–water partition coefficient (Wildman–Crippen LogP) is 4.01. The zero-order valence-electron chi connectivity index (χ0n) is 13.5. The van der Waals surface area contributed by atoms with Gasteiger partial charge in [0, 0.05) is 22.1 Å². The minimum atomic E-state index is -2.79. The Morgan fingerprint density at radius 2 is 1.88 bits per heavy atom. The second-order valence-corrected chi connectivity index (χ2v) is 6.75. The van der Waals surface area contributed by atoms with E-state index >= 15 is 0 Å². The number of amidine groups is 1. The number of hydrogen-bond acceptors (Lipinski definition) is 3. The van der Waals surface area contributed by atoms with Gasteiger partial charge in [-0.1, -0.05) is 48.0 Å². The lowest BCUT2D eigenvalue weighted by atomic mass is 9.85. The number of rotatable bonds is 3. The maximum Gasteiger partial charge on any atom is 0.293 e. The highest BCUT2D eigenvalue weighted by molar-refractivity contribution is 6.31. The quantitative estimate of drug-likeness (QED) is 0.880. The van der Waals surface area contributed by atoms with Gasteiger partial charge < -0.3 is 4.74 Å². The Bertz CT molecular complexity index is 875. The van der Waals surface area contributed by atoms with Crippen LogP contribution in [0.2, 0.25) is 5.02 Å². The fourth-order valence-corrected chi connectivity index (χ4v) is 3.66. The number of ether oxygens (including phenoxy) is 1. The van der Waals surface area contributed by atoms with Gasteiger partial charge >= 0.3 is 0 Å². The van der Waals surface area contributed by atoms with Crippen LogP contribution < -0.4 is 5.32 Å². The summed E-state index contributed by atoms with van der Waals surface area (Å²) in [6.45, 7) is 0. The van der Waals surface area contributed by atoms with Gasteiger partial charge in [-0.05, 0) is 24.6 Å². The summed E-state index contributed by atoms with van der Waals surface area (Å²) >= 11 is 6.19. The third-order valence-electron chi connectivity index (χ3n) is 4.74. The number of fused-ring (bicyclic) bond motifs is 1. The predicted molar refractivity (Wildman–Crippen MR) is 93.5 cm³/mol. The molecule has 2 aliphatic rings. The number of halogens is 3. The molecule has 3 atom stereocenters. The second kappa shape index (κ2) is 6.36. The molecule has 0 unspecified atom stereocenters. The van der Waals surface area contributed by atoms with Crippen molar-refractivity contribution in [2.75, 3.05) is 0 Å². The molecule has 1 saturated carbocycles. The highest BCUT2D eigenvalue weighted by Gasteiger charge is 2.64. The molecule has 0 radical (unpaired) electrons. The van der Waals surface area contributed by atoms with Gasteiger partial charge in [0.2, 0.25) is 0 Å². The first-order valence-electron chi connectivity index (χ1n) is 8.18. The number of nitrogens with one attached hydrogen (secondary N) is 1. The van der Waals surface area contributed by atoms with Gasteiger partial charge in [0.05, 0.1) is 0 Å². The van der Waals surface area contributed by atoms with Crippen molar-refractivity contribution in [3.05, 3.63) is 70.7 Å². The fraction of sp³-hybridized carbons (Fsp3) is 0.263. The molecule has 1 aliphatic heterocycles. The van der Waals surface area contributed by atoms with Crippen molar-refractivity contribution < 1.29 is 18.3 Å². The number of alkyl halides is 2. The molecule has 1 heterocycles. The van der Waals surface area contributed by atoms with Crippen LogP contribution in [-0.4, -0.2) is 24.5 Å². The van der Waals surface area contributed by atoms with Crippen LogP contribution in [-0.2, 0) is 10.3 Å². The molecular weight excluding hydrogens is 362 g/mol. The Morgan fingerprint density at radius 1 is 1.19 bits per heavy atom. The lowest BCUT2D eigenvalue weighted by molar-refractivity contribution is 0.0186. The molecule has 1 N–H and O–H groups in total. The molecule has 4 rings (SSSR count). The molecule has 26 heavy (non-hydrogen) atoms. The summed E-state index contributed by atoms with van der Waals surface area (Å²) in [5, 5.41) is 2.72. The van der Waals surface area contributed by atoms with E-state index in [0.29, 0.717) is 12.0 Å². The molecule has 2 aromatic rings. The largest absolute Gasteiger partial charge is 0.461 e. The summed E-state index contributed by atoms with van der Waals surface area (Å²) in [7, 11) is 0. The summed E-state index contributed by atoms with van der Waals surface area (Å²) in [4.78, 5) is 16.5. The molecule has 1 fully saturated rings. The summed E-state index contributed by atoms with van der Waals surface area (Å²) < 4.78 is 34.0. The van der Waals surface area contributed by atoms with Crippen LogP contribution in [0, 0.1) is 5.92 Å². The first-order valence-corrected chi connectivity index (χ1v) is 8.56. The van der Waals surface area contributed by atoms with Crippen LogP contribution in [0.15, 0.2) is 59.6 Å². The van der Waals surface area contributed by atoms with Crippen molar-refractivity contribution in [3.63, 3.8) is 0 Å². The number of benzene rings is 2. The van der Waals surface area contributed by atoms with Crippen molar-refractivity contribution in [2.24, 2.45) is 10.9 Å². The third-order valence-corrected chi connectivity index (χ3v) is 5.07. The number of aliphatic imine (C=N–C) groups is 1. The van der Waals surface area contributed by atoms with Crippen LogP contribution in [0.1, 0.15) is 22.3 Å². The van der Waals surface area contributed by atoms with E-state index in [2.05, 4.69) is 10.3 Å². The van der Waals surface area contributed by atoms with Gasteiger partial charge in [0.25, 0.3) is 18.4 Å². The topological polar surface area (TPSA) is 50.7 Å². The van der Waals surface area contributed by atoms with E-state index in [-0.39, 0.29) is 16.6 Å². The Balaban J connectivity index is 1.72. The maximum atomic E-state index is 14.2. The van der Waals surface area contributed by atoms with Crippen molar-refractivity contribution in [1.82, 2.24) is 5.32 Å². The van der Waals surface area contributed by atoms with Crippen molar-refractivity contribution in [1.29, 1.82) is 0 Å². The monoisotopic (exact) mass is 376 g/mol. The zero-order chi connectivity index (χ0) is 18.3. The van der Waals surface area contributed by atoms with Gasteiger partial charge in [-0.2, -0.15) is 0 Å². The van der Waals surface area contributed by atoms with E-state index in [9.17, 15) is 13.6 Å². The normalized spacial score (nSPS) is 26.5. The Hall–Kier alpha value is -2.47. The maximum absolute atomic E-state index is 14.2. The third kappa shape index (κ3) is 2.74. The number of carbonyl (C=O) groups is 1. The van der Waals surface area contributed by atoms with Gasteiger partial charge in [-0.15, -0.1) is 0 Å². The summed E-state index contributed by atoms with van der Waals surface area (Å²) in [5.74, 6) is -0.939. The molecule has 134 valence electrons. The van der Waals surface area contributed by atoms with Crippen LogP contribution in [0.25, 0.3) is 0 Å². The van der Waals surface area contributed by atoms with Crippen molar-refractivity contribution in [3.8, 4) is 0 Å². The highest BCUT2D eigenvalue weighted by atomic mass is 35.5. The Kier molecular flexibility index (Phi) is 4.15. The summed E-state index contributed by atoms with van der Waals surface area (Å²) in [5.41, 5.74) is -1.18. The molecule has 0 spiro atoms. The molecule has 0 saturated heterocycles. The number of amides is 1. The molecule has 4 nitrogen and oxygen atoms in total. The molecule has 7 heteroatoms. The van der Waals surface area contributed by atoms with E-state index in [0.717, 1.165) is 0 Å². The van der Waals surface area contributed by atoms with Gasteiger partial charge in [0.15, 0.2) is 5.54 Å². The fourth-order valence-electron chi connectivity index (χ4n) is 3.38. The smallest absolute Gasteiger partial charge is 0.293 e.